The quantitative estimate of drug-likeness (QED) is 0.454. The number of benzene rings is 1. The van der Waals surface area contributed by atoms with E-state index in [0.29, 0.717) is 37.3 Å². The van der Waals surface area contributed by atoms with E-state index in [1.165, 1.54) is 17.6 Å². The Kier molecular flexibility index (Phi) is 6.73. The number of pyridine rings is 1. The van der Waals surface area contributed by atoms with Crippen molar-refractivity contribution in [3.8, 4) is 6.07 Å². The first-order chi connectivity index (χ1) is 14.6. The van der Waals surface area contributed by atoms with E-state index in [1.807, 2.05) is 30.3 Å². The topological polar surface area (TPSA) is 106 Å². The molecule has 1 aromatic carbocycles. The van der Waals surface area contributed by atoms with Crippen molar-refractivity contribution in [1.29, 1.82) is 5.26 Å². The van der Waals surface area contributed by atoms with Gasteiger partial charge in [-0.1, -0.05) is 36.4 Å². The summed E-state index contributed by atoms with van der Waals surface area (Å²) in [6.45, 7) is 1.02. The molecule has 0 spiro atoms. The lowest BCUT2D eigenvalue weighted by Crippen LogP contribution is -2.44. The van der Waals surface area contributed by atoms with Crippen molar-refractivity contribution in [1.82, 2.24) is 15.4 Å². The highest BCUT2D eigenvalue weighted by atomic mass is 16.5. The Balaban J connectivity index is 1.62. The van der Waals surface area contributed by atoms with Gasteiger partial charge in [0.05, 0.1) is 22.9 Å². The fourth-order valence-electron chi connectivity index (χ4n) is 3.45. The van der Waals surface area contributed by atoms with Crippen LogP contribution in [0.1, 0.15) is 29.8 Å². The van der Waals surface area contributed by atoms with Crippen LogP contribution in [0.4, 0.5) is 0 Å². The van der Waals surface area contributed by atoms with Crippen molar-refractivity contribution >= 4 is 24.0 Å². The third kappa shape index (κ3) is 4.99. The molecule has 0 unspecified atom stereocenters. The summed E-state index contributed by atoms with van der Waals surface area (Å²) < 4.78 is 0. The second-order valence-corrected chi connectivity index (χ2v) is 7.02. The first kappa shape index (κ1) is 21.0. The van der Waals surface area contributed by atoms with Crippen LogP contribution in [0.15, 0.2) is 60.7 Å². The van der Waals surface area contributed by atoms with Gasteiger partial charge in [0.2, 0.25) is 5.91 Å². The lowest BCUT2D eigenvalue weighted by Gasteiger charge is -2.37. The van der Waals surface area contributed by atoms with Crippen LogP contribution in [-0.4, -0.2) is 40.0 Å². The van der Waals surface area contributed by atoms with Crippen LogP contribution in [-0.2, 0) is 15.0 Å². The Labute approximate surface area is 174 Å². The molecule has 1 saturated heterocycles. The van der Waals surface area contributed by atoms with Crippen molar-refractivity contribution in [2.24, 2.45) is 0 Å². The average Bonchev–Trinajstić information content (AvgIpc) is 2.81. The molecule has 2 aromatic rings. The number of hydroxylamine groups is 1. The zero-order valence-corrected chi connectivity index (χ0v) is 16.4. The minimum Gasteiger partial charge on any atom is -0.339 e. The van der Waals surface area contributed by atoms with E-state index in [1.54, 1.807) is 29.2 Å². The largest absolute Gasteiger partial charge is 0.339 e. The van der Waals surface area contributed by atoms with Crippen molar-refractivity contribution in [3.05, 3.63) is 77.6 Å². The second-order valence-electron chi connectivity index (χ2n) is 7.02. The van der Waals surface area contributed by atoms with Gasteiger partial charge in [0.25, 0.3) is 5.91 Å². The molecule has 1 aromatic heterocycles. The molecule has 30 heavy (non-hydrogen) atoms. The Morgan fingerprint density at radius 3 is 2.27 bits per heavy atom. The number of likely N-dealkylation sites (tertiary alicyclic amines) is 1. The number of nitriles is 1. The zero-order valence-electron chi connectivity index (χ0n) is 16.4. The van der Waals surface area contributed by atoms with Crippen LogP contribution in [0.2, 0.25) is 0 Å². The van der Waals surface area contributed by atoms with Gasteiger partial charge >= 0.3 is 0 Å². The molecule has 0 radical (unpaired) electrons. The van der Waals surface area contributed by atoms with Crippen LogP contribution in [0, 0.1) is 11.3 Å². The summed E-state index contributed by atoms with van der Waals surface area (Å²) in [5.41, 5.74) is 3.05. The molecule has 1 fully saturated rings. The van der Waals surface area contributed by atoms with E-state index in [4.69, 9.17) is 5.21 Å². The molecule has 1 aliphatic heterocycles. The number of hydrogen-bond acceptors (Lipinski definition) is 5. The molecule has 1 aliphatic rings. The molecular weight excluding hydrogens is 380 g/mol. The Hall–Kier alpha value is -3.76. The van der Waals surface area contributed by atoms with E-state index in [0.717, 1.165) is 11.6 Å². The average molecular weight is 402 g/mol. The number of amides is 2. The molecule has 152 valence electrons. The molecule has 0 aliphatic carbocycles. The van der Waals surface area contributed by atoms with Crippen molar-refractivity contribution < 1.29 is 14.8 Å². The van der Waals surface area contributed by atoms with Gasteiger partial charge in [-0.2, -0.15) is 5.26 Å². The van der Waals surface area contributed by atoms with Gasteiger partial charge in [-0.25, -0.2) is 10.5 Å². The standard InChI is InChI=1S/C23H22N4O3/c24-17-23(18-5-2-1-3-6-18)13-15-27(16-14-23)22(29)12-10-20-8-4-7-19(25-20)9-11-21(28)26-30/h1-12,30H,13-16H2,(H,26,28)/b11-9+,12-10+. The monoisotopic (exact) mass is 402 g/mol. The summed E-state index contributed by atoms with van der Waals surface area (Å²) in [6.07, 6.45) is 6.90. The molecule has 7 nitrogen and oxygen atoms in total. The van der Waals surface area contributed by atoms with E-state index < -0.39 is 11.3 Å². The van der Waals surface area contributed by atoms with Crippen molar-refractivity contribution in [2.75, 3.05) is 13.1 Å². The van der Waals surface area contributed by atoms with E-state index in [2.05, 4.69) is 11.1 Å². The van der Waals surface area contributed by atoms with Crippen molar-refractivity contribution in [2.45, 2.75) is 18.3 Å². The lowest BCUT2D eigenvalue weighted by molar-refractivity contribution is -0.127. The highest BCUT2D eigenvalue weighted by Crippen LogP contribution is 2.34. The minimum atomic E-state index is -0.651. The number of hydrogen-bond donors (Lipinski definition) is 2. The maximum Gasteiger partial charge on any atom is 0.267 e. The third-order valence-electron chi connectivity index (χ3n) is 5.17. The first-order valence-electron chi connectivity index (χ1n) is 9.59. The third-order valence-corrected chi connectivity index (χ3v) is 5.17. The summed E-state index contributed by atoms with van der Waals surface area (Å²) in [4.78, 5) is 29.7. The SMILES string of the molecule is N#CC1(c2ccccc2)CCN(C(=O)/C=C/c2cccc(/C=C/C(=O)NO)n2)CC1. The smallest absolute Gasteiger partial charge is 0.267 e. The molecule has 2 heterocycles. The number of aromatic nitrogens is 1. The molecule has 0 bridgehead atoms. The molecule has 2 amide bonds. The number of piperidine rings is 1. The summed E-state index contributed by atoms with van der Waals surface area (Å²) in [5.74, 6) is -0.779. The van der Waals surface area contributed by atoms with Gasteiger partial charge in [-0.3, -0.25) is 14.8 Å². The summed E-state index contributed by atoms with van der Waals surface area (Å²) in [6, 6.07) is 17.4. The van der Waals surface area contributed by atoms with Crippen LogP contribution < -0.4 is 5.48 Å². The molecule has 0 atom stereocenters. The summed E-state index contributed by atoms with van der Waals surface area (Å²) >= 11 is 0. The van der Waals surface area contributed by atoms with E-state index in [9.17, 15) is 14.9 Å². The summed E-state index contributed by atoms with van der Waals surface area (Å²) in [5, 5.41) is 18.3. The normalized spacial score (nSPS) is 15.8. The van der Waals surface area contributed by atoms with E-state index >= 15 is 0 Å². The second kappa shape index (κ2) is 9.63. The fourth-order valence-corrected chi connectivity index (χ4v) is 3.45. The molecular formula is C23H22N4O3. The Morgan fingerprint density at radius 1 is 1.03 bits per heavy atom. The number of rotatable bonds is 5. The number of carbonyl (C=O) groups excluding carboxylic acids is 2. The maximum atomic E-state index is 12.6. The molecule has 0 saturated carbocycles. The van der Waals surface area contributed by atoms with Crippen LogP contribution in [0.3, 0.4) is 0 Å². The Bertz CT molecular complexity index is 1000. The van der Waals surface area contributed by atoms with Crippen molar-refractivity contribution in [3.63, 3.8) is 0 Å². The highest BCUT2D eigenvalue weighted by molar-refractivity contribution is 5.92. The predicted octanol–water partition coefficient (Wildman–Crippen LogP) is 2.70. The first-order valence-corrected chi connectivity index (χ1v) is 9.59. The zero-order chi connectivity index (χ0) is 21.4. The van der Waals surface area contributed by atoms with Gasteiger partial charge in [0, 0.05) is 25.2 Å². The van der Waals surface area contributed by atoms with Crippen LogP contribution in [0.25, 0.3) is 12.2 Å². The molecule has 3 rings (SSSR count). The van der Waals surface area contributed by atoms with Gasteiger partial charge in [-0.15, -0.1) is 0 Å². The van der Waals surface area contributed by atoms with Gasteiger partial charge in [0.1, 0.15) is 0 Å². The number of nitrogens with zero attached hydrogens (tertiary/aromatic N) is 3. The fraction of sp³-hybridized carbons (Fsp3) is 0.217. The number of nitrogens with one attached hydrogen (secondary N) is 1. The highest BCUT2D eigenvalue weighted by Gasteiger charge is 2.37. The predicted molar refractivity (Wildman–Crippen MR) is 112 cm³/mol. The van der Waals surface area contributed by atoms with E-state index in [-0.39, 0.29) is 5.91 Å². The number of carbonyl (C=O) groups is 2. The molecule has 7 heteroatoms. The Morgan fingerprint density at radius 2 is 1.67 bits per heavy atom. The minimum absolute atomic E-state index is 0.128. The van der Waals surface area contributed by atoms with Gasteiger partial charge in [0.15, 0.2) is 0 Å². The lowest BCUT2D eigenvalue weighted by atomic mass is 9.74. The van der Waals surface area contributed by atoms with Gasteiger partial charge < -0.3 is 4.90 Å². The molecule has 2 N–H and O–H groups in total. The van der Waals surface area contributed by atoms with Gasteiger partial charge in [-0.05, 0) is 42.7 Å². The van der Waals surface area contributed by atoms with Crippen LogP contribution in [0.5, 0.6) is 0 Å². The maximum absolute atomic E-state index is 12.6. The van der Waals surface area contributed by atoms with Crippen LogP contribution >= 0.6 is 0 Å². The summed E-state index contributed by atoms with van der Waals surface area (Å²) in [7, 11) is 0.